The number of nitrogens with one attached hydrogen (secondary N) is 4. The zero-order chi connectivity index (χ0) is 33.5. The van der Waals surface area contributed by atoms with E-state index in [0.29, 0.717) is 33.9 Å². The SMILES string of the molecule is CC(C)(C)c1ccc(C(=O)Nc2cccc(NC(=O)CCC(=O)Nc3cccc(NC(=O)c4ccc(C(C)(C)C)cc4)c3)c2)cc1. The molecular weight excluding hydrogens is 576 g/mol. The lowest BCUT2D eigenvalue weighted by Gasteiger charge is -2.19. The molecule has 4 amide bonds. The van der Waals surface area contributed by atoms with Crippen molar-refractivity contribution in [3.63, 3.8) is 0 Å². The van der Waals surface area contributed by atoms with Gasteiger partial charge >= 0.3 is 0 Å². The molecule has 8 nitrogen and oxygen atoms in total. The highest BCUT2D eigenvalue weighted by Gasteiger charge is 2.16. The van der Waals surface area contributed by atoms with E-state index in [1.165, 1.54) is 0 Å². The molecule has 4 aromatic rings. The van der Waals surface area contributed by atoms with Crippen LogP contribution in [0.1, 0.15) is 86.2 Å². The van der Waals surface area contributed by atoms with Crippen molar-refractivity contribution < 1.29 is 19.2 Å². The summed E-state index contributed by atoms with van der Waals surface area (Å²) in [4.78, 5) is 50.7. The lowest BCUT2D eigenvalue weighted by atomic mass is 9.86. The standard InChI is InChI=1S/C38H42N4O4/c1-37(2,3)27-17-13-25(14-18-27)35(45)41-31-11-7-9-29(23-31)39-33(43)21-22-34(44)40-30-10-8-12-32(24-30)42-36(46)26-15-19-28(20-16-26)38(4,5)6/h7-20,23-24H,21-22H2,1-6H3,(H,39,43)(H,40,44)(H,41,45)(H,42,46). The van der Waals surface area contributed by atoms with Gasteiger partial charge in [-0.3, -0.25) is 19.2 Å². The van der Waals surface area contributed by atoms with Crippen LogP contribution in [0.5, 0.6) is 0 Å². The van der Waals surface area contributed by atoms with Gasteiger partial charge in [0.15, 0.2) is 0 Å². The fourth-order valence-corrected chi connectivity index (χ4v) is 4.67. The normalized spacial score (nSPS) is 11.3. The van der Waals surface area contributed by atoms with Crippen LogP contribution in [0.4, 0.5) is 22.7 Å². The van der Waals surface area contributed by atoms with E-state index in [0.717, 1.165) is 11.1 Å². The largest absolute Gasteiger partial charge is 0.326 e. The predicted molar refractivity (Wildman–Crippen MR) is 186 cm³/mol. The third-order valence-corrected chi connectivity index (χ3v) is 7.41. The van der Waals surface area contributed by atoms with E-state index in [1.807, 2.05) is 24.3 Å². The summed E-state index contributed by atoms with van der Waals surface area (Å²) in [5.41, 5.74) is 5.41. The summed E-state index contributed by atoms with van der Waals surface area (Å²) in [6, 6.07) is 28.7. The van der Waals surface area contributed by atoms with Crippen LogP contribution < -0.4 is 21.3 Å². The second-order valence-corrected chi connectivity index (χ2v) is 13.3. The number of carbonyl (C=O) groups excluding carboxylic acids is 4. The first-order valence-electron chi connectivity index (χ1n) is 15.3. The molecule has 0 heterocycles. The Morgan fingerprint density at radius 1 is 0.457 bits per heavy atom. The molecule has 0 atom stereocenters. The summed E-state index contributed by atoms with van der Waals surface area (Å²) in [6.07, 6.45) is -0.0763. The van der Waals surface area contributed by atoms with Crippen LogP contribution in [0.2, 0.25) is 0 Å². The number of hydrogen-bond donors (Lipinski definition) is 4. The maximum absolute atomic E-state index is 12.8. The van der Waals surface area contributed by atoms with Gasteiger partial charge < -0.3 is 21.3 Å². The van der Waals surface area contributed by atoms with E-state index < -0.39 is 0 Å². The minimum atomic E-state index is -0.338. The number of rotatable bonds is 9. The second kappa shape index (κ2) is 14.2. The smallest absolute Gasteiger partial charge is 0.255 e. The van der Waals surface area contributed by atoms with Crippen LogP contribution in [0.3, 0.4) is 0 Å². The van der Waals surface area contributed by atoms with Gasteiger partial charge in [0.2, 0.25) is 11.8 Å². The number of anilines is 4. The Kier molecular flexibility index (Phi) is 10.4. The highest BCUT2D eigenvalue weighted by molar-refractivity contribution is 6.05. The van der Waals surface area contributed by atoms with Crippen molar-refractivity contribution in [2.45, 2.75) is 65.2 Å². The topological polar surface area (TPSA) is 116 Å². The molecule has 4 rings (SSSR count). The molecular formula is C38H42N4O4. The molecule has 0 aromatic heterocycles. The Hall–Kier alpha value is -5.24. The molecule has 4 N–H and O–H groups in total. The van der Waals surface area contributed by atoms with Gasteiger partial charge in [-0.1, -0.05) is 77.9 Å². The van der Waals surface area contributed by atoms with E-state index in [-0.39, 0.29) is 47.3 Å². The number of carbonyl (C=O) groups is 4. The van der Waals surface area contributed by atoms with Crippen molar-refractivity contribution in [3.05, 3.63) is 119 Å². The Labute approximate surface area is 271 Å². The van der Waals surface area contributed by atoms with Crippen molar-refractivity contribution in [2.24, 2.45) is 0 Å². The average molecular weight is 619 g/mol. The fraction of sp³-hybridized carbons (Fsp3) is 0.263. The first-order chi connectivity index (χ1) is 21.7. The molecule has 238 valence electrons. The summed E-state index contributed by atoms with van der Waals surface area (Å²) < 4.78 is 0. The van der Waals surface area contributed by atoms with Crippen LogP contribution >= 0.6 is 0 Å². The summed E-state index contributed by atoms with van der Waals surface area (Å²) in [5, 5.41) is 11.3. The predicted octanol–water partition coefficient (Wildman–Crippen LogP) is 8.14. The van der Waals surface area contributed by atoms with E-state index in [2.05, 4.69) is 62.8 Å². The Morgan fingerprint density at radius 2 is 0.761 bits per heavy atom. The minimum absolute atomic E-state index is 0.00746. The molecule has 0 aliphatic rings. The van der Waals surface area contributed by atoms with Gasteiger partial charge in [0.05, 0.1) is 0 Å². The van der Waals surface area contributed by atoms with Crippen molar-refractivity contribution in [3.8, 4) is 0 Å². The minimum Gasteiger partial charge on any atom is -0.326 e. The van der Waals surface area contributed by atoms with E-state index in [1.54, 1.807) is 72.8 Å². The summed E-state index contributed by atoms with van der Waals surface area (Å²) in [6.45, 7) is 12.7. The summed E-state index contributed by atoms with van der Waals surface area (Å²) in [7, 11) is 0. The van der Waals surface area contributed by atoms with Crippen molar-refractivity contribution in [2.75, 3.05) is 21.3 Å². The van der Waals surface area contributed by atoms with Crippen molar-refractivity contribution in [1.82, 2.24) is 0 Å². The molecule has 0 saturated carbocycles. The molecule has 0 radical (unpaired) electrons. The molecule has 0 fully saturated rings. The molecule has 0 unspecified atom stereocenters. The van der Waals surface area contributed by atoms with Crippen LogP contribution in [-0.4, -0.2) is 23.6 Å². The lowest BCUT2D eigenvalue weighted by molar-refractivity contribution is -0.121. The van der Waals surface area contributed by atoms with Crippen LogP contribution in [-0.2, 0) is 20.4 Å². The molecule has 0 aliphatic carbocycles. The van der Waals surface area contributed by atoms with Gasteiger partial charge in [-0.25, -0.2) is 0 Å². The molecule has 4 aromatic carbocycles. The maximum Gasteiger partial charge on any atom is 0.255 e. The molecule has 0 aliphatic heterocycles. The third kappa shape index (κ3) is 9.63. The molecule has 0 saturated heterocycles. The number of amides is 4. The highest BCUT2D eigenvalue weighted by Crippen LogP contribution is 2.24. The Bertz CT molecular complexity index is 1580. The zero-order valence-corrected chi connectivity index (χ0v) is 27.3. The number of benzene rings is 4. The molecule has 0 spiro atoms. The summed E-state index contributed by atoms with van der Waals surface area (Å²) in [5.74, 6) is -1.18. The third-order valence-electron chi connectivity index (χ3n) is 7.41. The van der Waals surface area contributed by atoms with Crippen LogP contribution in [0, 0.1) is 0 Å². The monoisotopic (exact) mass is 618 g/mol. The van der Waals surface area contributed by atoms with Crippen LogP contribution in [0.15, 0.2) is 97.1 Å². The van der Waals surface area contributed by atoms with E-state index in [9.17, 15) is 19.2 Å². The Balaban J connectivity index is 1.25. The summed E-state index contributed by atoms with van der Waals surface area (Å²) >= 11 is 0. The molecule has 0 bridgehead atoms. The highest BCUT2D eigenvalue weighted by atomic mass is 16.2. The van der Waals surface area contributed by atoms with Crippen LogP contribution in [0.25, 0.3) is 0 Å². The second-order valence-electron chi connectivity index (χ2n) is 13.3. The first kappa shape index (κ1) is 33.6. The van der Waals surface area contributed by atoms with Gasteiger partial charge in [0.25, 0.3) is 11.8 Å². The fourth-order valence-electron chi connectivity index (χ4n) is 4.67. The average Bonchev–Trinajstić information content (AvgIpc) is 2.99. The van der Waals surface area contributed by atoms with Gasteiger partial charge in [-0.05, 0) is 82.6 Å². The van der Waals surface area contributed by atoms with Gasteiger partial charge in [-0.2, -0.15) is 0 Å². The van der Waals surface area contributed by atoms with Gasteiger partial charge in [0.1, 0.15) is 0 Å². The van der Waals surface area contributed by atoms with Crippen molar-refractivity contribution in [1.29, 1.82) is 0 Å². The number of hydrogen-bond acceptors (Lipinski definition) is 4. The molecule has 8 heteroatoms. The van der Waals surface area contributed by atoms with E-state index in [4.69, 9.17) is 0 Å². The van der Waals surface area contributed by atoms with E-state index >= 15 is 0 Å². The van der Waals surface area contributed by atoms with Crippen molar-refractivity contribution >= 4 is 46.4 Å². The zero-order valence-electron chi connectivity index (χ0n) is 27.3. The van der Waals surface area contributed by atoms with Gasteiger partial charge in [-0.15, -0.1) is 0 Å². The Morgan fingerprint density at radius 3 is 1.07 bits per heavy atom. The van der Waals surface area contributed by atoms with Gasteiger partial charge in [0, 0.05) is 46.7 Å². The first-order valence-corrected chi connectivity index (χ1v) is 15.3. The molecule has 46 heavy (non-hydrogen) atoms. The quantitative estimate of drug-likeness (QED) is 0.151. The maximum atomic E-state index is 12.8. The lowest BCUT2D eigenvalue weighted by Crippen LogP contribution is -2.18.